The molecule has 6 nitrogen and oxygen atoms in total. The van der Waals surface area contributed by atoms with Crippen molar-refractivity contribution in [2.24, 2.45) is 5.92 Å². The maximum atomic E-state index is 12.5. The molecule has 1 amide bonds. The summed E-state index contributed by atoms with van der Waals surface area (Å²) in [6.07, 6.45) is 9.42. The topological polar surface area (TPSA) is 67.2 Å². The third kappa shape index (κ3) is 5.16. The zero-order valence-corrected chi connectivity index (χ0v) is 16.0. The molecular weight excluding hydrogens is 328 g/mol. The van der Waals surface area contributed by atoms with Crippen LogP contribution in [0.1, 0.15) is 68.8 Å². The van der Waals surface area contributed by atoms with Gasteiger partial charge in [0.2, 0.25) is 0 Å². The summed E-state index contributed by atoms with van der Waals surface area (Å²) < 4.78 is 1.41. The number of hydrogen-bond donors (Lipinski definition) is 1. The number of unbranched alkanes of at least 4 members (excludes halogenated alkanes) is 1. The lowest BCUT2D eigenvalue weighted by Crippen LogP contribution is -2.46. The van der Waals surface area contributed by atoms with Crippen LogP contribution in [0.15, 0.2) is 16.9 Å². The number of nitrogens with zero attached hydrogens (tertiary/aromatic N) is 3. The van der Waals surface area contributed by atoms with Crippen LogP contribution in [0.25, 0.3) is 0 Å². The molecule has 1 saturated carbocycles. The molecular formula is C20H32N4O2. The zero-order valence-electron chi connectivity index (χ0n) is 16.0. The third-order valence-corrected chi connectivity index (χ3v) is 5.74. The highest BCUT2D eigenvalue weighted by Crippen LogP contribution is 2.26. The Balaban J connectivity index is 1.48. The Labute approximate surface area is 156 Å². The Morgan fingerprint density at radius 2 is 1.92 bits per heavy atom. The summed E-state index contributed by atoms with van der Waals surface area (Å²) in [5.41, 5.74) is 0.198. The molecule has 3 rings (SSSR count). The van der Waals surface area contributed by atoms with Crippen molar-refractivity contribution in [2.45, 2.75) is 70.9 Å². The minimum absolute atomic E-state index is 0.143. The van der Waals surface area contributed by atoms with Gasteiger partial charge in [-0.3, -0.25) is 9.59 Å². The monoisotopic (exact) mass is 360 g/mol. The Kier molecular flexibility index (Phi) is 6.83. The first-order chi connectivity index (χ1) is 12.7. The van der Waals surface area contributed by atoms with Crippen molar-refractivity contribution in [2.75, 3.05) is 19.6 Å². The lowest BCUT2D eigenvalue weighted by atomic mass is 10.0. The van der Waals surface area contributed by atoms with Gasteiger partial charge in [0.05, 0.1) is 0 Å². The Bertz CT molecular complexity index is 643. The second kappa shape index (κ2) is 9.31. The standard InChI is InChI=1S/C20H32N4O2/c1-2-3-12-24-19(25)9-8-18(22-24)20(26)21-17-10-13-23(14-11-17)15-16-6-4-5-7-16/h8-9,16-17H,2-7,10-15H2,1H3,(H,21,26). The van der Waals surface area contributed by atoms with E-state index in [1.165, 1.54) is 49.0 Å². The second-order valence-corrected chi connectivity index (χ2v) is 7.83. The number of hydrogen-bond acceptors (Lipinski definition) is 4. The molecule has 26 heavy (non-hydrogen) atoms. The number of likely N-dealkylation sites (tertiary alicyclic amines) is 1. The molecule has 1 aliphatic heterocycles. The van der Waals surface area contributed by atoms with Crippen LogP contribution in [0.3, 0.4) is 0 Å². The molecule has 1 aromatic heterocycles. The van der Waals surface area contributed by atoms with Gasteiger partial charge in [-0.1, -0.05) is 26.2 Å². The lowest BCUT2D eigenvalue weighted by molar-refractivity contribution is 0.0898. The molecule has 6 heteroatoms. The van der Waals surface area contributed by atoms with E-state index >= 15 is 0 Å². The summed E-state index contributed by atoms with van der Waals surface area (Å²) in [5, 5.41) is 7.35. The molecule has 1 N–H and O–H groups in total. The van der Waals surface area contributed by atoms with Gasteiger partial charge in [-0.15, -0.1) is 0 Å². The first-order valence-corrected chi connectivity index (χ1v) is 10.3. The Morgan fingerprint density at radius 1 is 1.19 bits per heavy atom. The number of carbonyl (C=O) groups is 1. The molecule has 1 saturated heterocycles. The van der Waals surface area contributed by atoms with Crippen LogP contribution in [-0.4, -0.2) is 46.3 Å². The lowest BCUT2D eigenvalue weighted by Gasteiger charge is -2.33. The highest BCUT2D eigenvalue weighted by molar-refractivity contribution is 5.92. The minimum atomic E-state index is -0.163. The summed E-state index contributed by atoms with van der Waals surface area (Å²) in [7, 11) is 0. The Morgan fingerprint density at radius 3 is 2.62 bits per heavy atom. The van der Waals surface area contributed by atoms with Gasteiger partial charge in [-0.05, 0) is 44.1 Å². The second-order valence-electron chi connectivity index (χ2n) is 7.83. The van der Waals surface area contributed by atoms with E-state index in [-0.39, 0.29) is 17.5 Å². The number of piperidine rings is 1. The quantitative estimate of drug-likeness (QED) is 0.811. The molecule has 144 valence electrons. The fraction of sp³-hybridized carbons (Fsp3) is 0.750. The smallest absolute Gasteiger partial charge is 0.271 e. The van der Waals surface area contributed by atoms with Crippen molar-refractivity contribution in [1.82, 2.24) is 20.0 Å². The van der Waals surface area contributed by atoms with Crippen LogP contribution in [0.5, 0.6) is 0 Å². The van der Waals surface area contributed by atoms with Crippen LogP contribution in [0, 0.1) is 5.92 Å². The summed E-state index contributed by atoms with van der Waals surface area (Å²) in [4.78, 5) is 26.9. The van der Waals surface area contributed by atoms with Crippen LogP contribution in [0.4, 0.5) is 0 Å². The predicted molar refractivity (Wildman–Crippen MR) is 102 cm³/mol. The van der Waals surface area contributed by atoms with Crippen molar-refractivity contribution in [3.8, 4) is 0 Å². The van der Waals surface area contributed by atoms with E-state index in [9.17, 15) is 9.59 Å². The Hall–Kier alpha value is -1.69. The first kappa shape index (κ1) is 19.1. The maximum Gasteiger partial charge on any atom is 0.271 e. The highest BCUT2D eigenvalue weighted by Gasteiger charge is 2.24. The van der Waals surface area contributed by atoms with E-state index in [0.717, 1.165) is 44.7 Å². The van der Waals surface area contributed by atoms with Crippen molar-refractivity contribution >= 4 is 5.91 Å². The van der Waals surface area contributed by atoms with Crippen molar-refractivity contribution in [3.05, 3.63) is 28.2 Å². The average Bonchev–Trinajstić information content (AvgIpc) is 3.15. The van der Waals surface area contributed by atoms with Gasteiger partial charge in [0.1, 0.15) is 5.69 Å². The molecule has 0 bridgehead atoms. The van der Waals surface area contributed by atoms with Gasteiger partial charge in [-0.25, -0.2) is 4.68 Å². The maximum absolute atomic E-state index is 12.5. The molecule has 0 atom stereocenters. The number of carbonyl (C=O) groups excluding carboxylic acids is 1. The summed E-state index contributed by atoms with van der Waals surface area (Å²) in [6, 6.07) is 3.19. The fourth-order valence-electron chi connectivity index (χ4n) is 4.12. The van der Waals surface area contributed by atoms with Gasteiger partial charge in [0.25, 0.3) is 11.5 Å². The van der Waals surface area contributed by atoms with Gasteiger partial charge in [0, 0.05) is 38.3 Å². The van der Waals surface area contributed by atoms with E-state index in [0.29, 0.717) is 12.2 Å². The van der Waals surface area contributed by atoms with Crippen molar-refractivity contribution in [3.63, 3.8) is 0 Å². The SMILES string of the molecule is CCCCn1nc(C(=O)NC2CCN(CC3CCCC3)CC2)ccc1=O. The number of aryl methyl sites for hydroxylation is 1. The van der Waals surface area contributed by atoms with Crippen LogP contribution in [0.2, 0.25) is 0 Å². The molecule has 2 fully saturated rings. The van der Waals surface area contributed by atoms with Crippen LogP contribution < -0.4 is 10.9 Å². The molecule has 2 aliphatic rings. The van der Waals surface area contributed by atoms with Gasteiger partial charge < -0.3 is 10.2 Å². The average molecular weight is 361 g/mol. The molecule has 1 aliphatic carbocycles. The molecule has 0 spiro atoms. The van der Waals surface area contributed by atoms with E-state index in [1.807, 2.05) is 0 Å². The first-order valence-electron chi connectivity index (χ1n) is 10.3. The number of amides is 1. The largest absolute Gasteiger partial charge is 0.348 e. The highest BCUT2D eigenvalue weighted by atomic mass is 16.2. The van der Waals surface area contributed by atoms with Crippen molar-refractivity contribution < 1.29 is 4.79 Å². The summed E-state index contributed by atoms with van der Waals surface area (Å²) in [5.74, 6) is 0.721. The van der Waals surface area contributed by atoms with E-state index in [2.05, 4.69) is 22.2 Å². The molecule has 0 unspecified atom stereocenters. The molecule has 1 aromatic rings. The molecule has 0 radical (unpaired) electrons. The fourth-order valence-corrected chi connectivity index (χ4v) is 4.12. The van der Waals surface area contributed by atoms with Gasteiger partial charge in [-0.2, -0.15) is 5.10 Å². The number of nitrogens with one attached hydrogen (secondary N) is 1. The van der Waals surface area contributed by atoms with Gasteiger partial charge in [0.15, 0.2) is 0 Å². The molecule has 2 heterocycles. The third-order valence-electron chi connectivity index (χ3n) is 5.74. The summed E-state index contributed by atoms with van der Waals surface area (Å²) in [6.45, 7) is 5.98. The number of rotatable bonds is 7. The van der Waals surface area contributed by atoms with Crippen LogP contribution in [-0.2, 0) is 6.54 Å². The van der Waals surface area contributed by atoms with E-state index < -0.39 is 0 Å². The predicted octanol–water partition coefficient (Wildman–Crippen LogP) is 2.43. The minimum Gasteiger partial charge on any atom is -0.348 e. The van der Waals surface area contributed by atoms with Crippen LogP contribution >= 0.6 is 0 Å². The number of aromatic nitrogens is 2. The normalized spacial score (nSPS) is 19.7. The van der Waals surface area contributed by atoms with Gasteiger partial charge >= 0.3 is 0 Å². The van der Waals surface area contributed by atoms with E-state index in [1.54, 1.807) is 0 Å². The molecule has 0 aromatic carbocycles. The van der Waals surface area contributed by atoms with Crippen molar-refractivity contribution in [1.29, 1.82) is 0 Å². The zero-order chi connectivity index (χ0) is 18.4. The van der Waals surface area contributed by atoms with E-state index in [4.69, 9.17) is 0 Å². The summed E-state index contributed by atoms with van der Waals surface area (Å²) >= 11 is 0.